The second-order valence-electron chi connectivity index (χ2n) is 4.45. The van der Waals surface area contributed by atoms with E-state index in [2.05, 4.69) is 46.5 Å². The Kier molecular flexibility index (Phi) is 2.52. The van der Waals surface area contributed by atoms with E-state index < -0.39 is 0 Å². The molecular weight excluding hydrogens is 210 g/mol. The molecule has 1 aromatic carbocycles. The zero-order valence-electron chi connectivity index (χ0n) is 9.90. The summed E-state index contributed by atoms with van der Waals surface area (Å²) in [5.74, 6) is 0.951. The molecule has 17 heavy (non-hydrogen) atoms. The van der Waals surface area contributed by atoms with E-state index in [0.717, 1.165) is 42.2 Å². The second-order valence-corrected chi connectivity index (χ2v) is 4.45. The van der Waals surface area contributed by atoms with Crippen molar-refractivity contribution in [3.05, 3.63) is 41.7 Å². The molecule has 86 valence electrons. The van der Waals surface area contributed by atoms with Crippen LogP contribution in [0.25, 0.3) is 11.3 Å². The summed E-state index contributed by atoms with van der Waals surface area (Å²) in [5.41, 5.74) is 4.46. The van der Waals surface area contributed by atoms with E-state index >= 15 is 0 Å². The molecule has 3 heteroatoms. The van der Waals surface area contributed by atoms with Crippen LogP contribution < -0.4 is 5.32 Å². The molecule has 0 aliphatic carbocycles. The minimum Gasteiger partial charge on any atom is -0.369 e. The molecule has 2 heterocycles. The molecular formula is C14H15N3. The highest BCUT2D eigenvalue weighted by Crippen LogP contribution is 2.22. The highest BCUT2D eigenvalue weighted by molar-refractivity contribution is 5.60. The van der Waals surface area contributed by atoms with Gasteiger partial charge in [0.15, 0.2) is 0 Å². The normalized spacial score (nSPS) is 13.9. The van der Waals surface area contributed by atoms with E-state index in [1.807, 2.05) is 6.20 Å². The minimum absolute atomic E-state index is 0.951. The summed E-state index contributed by atoms with van der Waals surface area (Å²) in [7, 11) is 0. The molecule has 1 aliphatic rings. The van der Waals surface area contributed by atoms with E-state index in [1.165, 1.54) is 5.56 Å². The van der Waals surface area contributed by atoms with Crippen molar-refractivity contribution in [2.75, 3.05) is 11.9 Å². The SMILES string of the molecule is Cc1ccc(-c2cnc3c(n2)CCCN3)cc1. The molecule has 0 radical (unpaired) electrons. The van der Waals surface area contributed by atoms with Gasteiger partial charge in [0, 0.05) is 12.1 Å². The maximum atomic E-state index is 4.69. The number of nitrogens with zero attached hydrogens (tertiary/aromatic N) is 2. The molecule has 0 unspecified atom stereocenters. The summed E-state index contributed by atoms with van der Waals surface area (Å²) < 4.78 is 0. The second kappa shape index (κ2) is 4.17. The molecule has 1 N–H and O–H groups in total. The van der Waals surface area contributed by atoms with Crippen molar-refractivity contribution in [2.24, 2.45) is 0 Å². The number of anilines is 1. The van der Waals surface area contributed by atoms with Gasteiger partial charge in [-0.25, -0.2) is 9.97 Å². The average Bonchev–Trinajstić information content (AvgIpc) is 2.39. The Balaban J connectivity index is 2.01. The molecule has 0 bridgehead atoms. The van der Waals surface area contributed by atoms with Crippen molar-refractivity contribution in [3.63, 3.8) is 0 Å². The third-order valence-corrected chi connectivity index (χ3v) is 3.07. The molecule has 3 nitrogen and oxygen atoms in total. The molecule has 3 rings (SSSR count). The highest BCUT2D eigenvalue weighted by atomic mass is 15.0. The van der Waals surface area contributed by atoms with Gasteiger partial charge in [-0.1, -0.05) is 29.8 Å². The fourth-order valence-electron chi connectivity index (χ4n) is 2.08. The van der Waals surface area contributed by atoms with Gasteiger partial charge in [0.25, 0.3) is 0 Å². The van der Waals surface area contributed by atoms with E-state index in [-0.39, 0.29) is 0 Å². The highest BCUT2D eigenvalue weighted by Gasteiger charge is 2.12. The molecule has 0 saturated carbocycles. The van der Waals surface area contributed by atoms with Gasteiger partial charge in [0.05, 0.1) is 17.6 Å². The predicted molar refractivity (Wildman–Crippen MR) is 69.0 cm³/mol. The number of nitrogens with one attached hydrogen (secondary N) is 1. The number of rotatable bonds is 1. The molecule has 0 amide bonds. The van der Waals surface area contributed by atoms with Crippen LogP contribution in [0.2, 0.25) is 0 Å². The van der Waals surface area contributed by atoms with Crippen LogP contribution in [0.1, 0.15) is 17.7 Å². The van der Waals surface area contributed by atoms with Gasteiger partial charge >= 0.3 is 0 Å². The largest absolute Gasteiger partial charge is 0.369 e. The summed E-state index contributed by atoms with van der Waals surface area (Å²) in [6, 6.07) is 8.41. The first kappa shape index (κ1) is 10.3. The smallest absolute Gasteiger partial charge is 0.147 e. The van der Waals surface area contributed by atoms with Crippen LogP contribution in [0.15, 0.2) is 30.5 Å². The first-order chi connectivity index (χ1) is 8.33. The van der Waals surface area contributed by atoms with Gasteiger partial charge in [0.2, 0.25) is 0 Å². The van der Waals surface area contributed by atoms with Gasteiger partial charge in [-0.15, -0.1) is 0 Å². The monoisotopic (exact) mass is 225 g/mol. The van der Waals surface area contributed by atoms with Gasteiger partial charge < -0.3 is 5.32 Å². The lowest BCUT2D eigenvalue weighted by Crippen LogP contribution is -2.14. The van der Waals surface area contributed by atoms with Crippen LogP contribution in [0.3, 0.4) is 0 Å². The Hall–Kier alpha value is -1.90. The topological polar surface area (TPSA) is 37.8 Å². The fourth-order valence-corrected chi connectivity index (χ4v) is 2.08. The van der Waals surface area contributed by atoms with Crippen LogP contribution >= 0.6 is 0 Å². The first-order valence-electron chi connectivity index (χ1n) is 6.00. The van der Waals surface area contributed by atoms with Crippen molar-refractivity contribution < 1.29 is 0 Å². The van der Waals surface area contributed by atoms with Crippen LogP contribution in [0, 0.1) is 6.92 Å². The van der Waals surface area contributed by atoms with Crippen molar-refractivity contribution in [3.8, 4) is 11.3 Å². The number of aromatic nitrogens is 2. The Morgan fingerprint density at radius 3 is 2.82 bits per heavy atom. The number of aryl methyl sites for hydroxylation is 2. The summed E-state index contributed by atoms with van der Waals surface area (Å²) in [5, 5.41) is 3.28. The average molecular weight is 225 g/mol. The summed E-state index contributed by atoms with van der Waals surface area (Å²) in [4.78, 5) is 9.13. The molecule has 0 atom stereocenters. The standard InChI is InChI=1S/C14H15N3/c1-10-4-6-11(7-5-10)13-9-16-14-12(17-13)3-2-8-15-14/h4-7,9H,2-3,8H2,1H3,(H,15,16). The Bertz CT molecular complexity index is 532. The number of hydrogen-bond donors (Lipinski definition) is 1. The number of hydrogen-bond acceptors (Lipinski definition) is 3. The van der Waals surface area contributed by atoms with Crippen molar-refractivity contribution in [1.82, 2.24) is 9.97 Å². The Morgan fingerprint density at radius 1 is 1.18 bits per heavy atom. The molecule has 1 aromatic heterocycles. The zero-order chi connectivity index (χ0) is 11.7. The minimum atomic E-state index is 0.951. The van der Waals surface area contributed by atoms with Gasteiger partial charge in [-0.05, 0) is 19.8 Å². The molecule has 0 saturated heterocycles. The molecule has 2 aromatic rings. The number of fused-ring (bicyclic) bond motifs is 1. The van der Waals surface area contributed by atoms with Crippen molar-refractivity contribution in [1.29, 1.82) is 0 Å². The first-order valence-corrected chi connectivity index (χ1v) is 6.00. The lowest BCUT2D eigenvalue weighted by Gasteiger charge is -2.16. The van der Waals surface area contributed by atoms with Gasteiger partial charge in [-0.2, -0.15) is 0 Å². The molecule has 1 aliphatic heterocycles. The third-order valence-electron chi connectivity index (χ3n) is 3.07. The quantitative estimate of drug-likeness (QED) is 0.811. The van der Waals surface area contributed by atoms with E-state index in [4.69, 9.17) is 0 Å². The number of benzene rings is 1. The zero-order valence-corrected chi connectivity index (χ0v) is 9.90. The Labute approximate surface area is 101 Å². The maximum Gasteiger partial charge on any atom is 0.147 e. The Morgan fingerprint density at radius 2 is 2.00 bits per heavy atom. The fraction of sp³-hybridized carbons (Fsp3) is 0.286. The van der Waals surface area contributed by atoms with Gasteiger partial charge in [-0.3, -0.25) is 0 Å². The van der Waals surface area contributed by atoms with Crippen LogP contribution in [0.5, 0.6) is 0 Å². The van der Waals surface area contributed by atoms with Crippen molar-refractivity contribution in [2.45, 2.75) is 19.8 Å². The summed E-state index contributed by atoms with van der Waals surface area (Å²) in [6.07, 6.45) is 4.01. The third kappa shape index (κ3) is 2.00. The maximum absolute atomic E-state index is 4.69. The lowest BCUT2D eigenvalue weighted by molar-refractivity contribution is 0.789. The van der Waals surface area contributed by atoms with E-state index in [0.29, 0.717) is 0 Å². The molecule has 0 spiro atoms. The van der Waals surface area contributed by atoms with Crippen molar-refractivity contribution >= 4 is 5.82 Å². The van der Waals surface area contributed by atoms with Gasteiger partial charge in [0.1, 0.15) is 5.82 Å². The van der Waals surface area contributed by atoms with Crippen LogP contribution in [0.4, 0.5) is 5.82 Å². The lowest BCUT2D eigenvalue weighted by atomic mass is 10.1. The predicted octanol–water partition coefficient (Wildman–Crippen LogP) is 2.81. The summed E-state index contributed by atoms with van der Waals surface area (Å²) in [6.45, 7) is 3.10. The van der Waals surface area contributed by atoms with E-state index in [9.17, 15) is 0 Å². The van der Waals surface area contributed by atoms with E-state index in [1.54, 1.807) is 0 Å². The van der Waals surface area contributed by atoms with Crippen LogP contribution in [-0.2, 0) is 6.42 Å². The van der Waals surface area contributed by atoms with Crippen LogP contribution in [-0.4, -0.2) is 16.5 Å². The molecule has 0 fully saturated rings. The summed E-state index contributed by atoms with van der Waals surface area (Å²) >= 11 is 0.